The molecule has 0 aliphatic rings. The van der Waals surface area contributed by atoms with Crippen LogP contribution in [0.25, 0.3) is 0 Å². The molecule has 1 aromatic carbocycles. The van der Waals surface area contributed by atoms with Gasteiger partial charge in [0.15, 0.2) is 0 Å². The second-order valence-corrected chi connectivity index (χ2v) is 3.97. The maximum absolute atomic E-state index is 11.2. The number of carboxylic acids is 1. The number of aromatic carboxylic acids is 1. The normalized spacial score (nSPS) is 10.3. The lowest BCUT2D eigenvalue weighted by Gasteiger charge is -2.06. The van der Waals surface area contributed by atoms with E-state index in [0.29, 0.717) is 22.8 Å². The lowest BCUT2D eigenvalue weighted by atomic mass is 10.1. The Kier molecular flexibility index (Phi) is 3.37. The first-order valence-corrected chi connectivity index (χ1v) is 5.59. The van der Waals surface area contributed by atoms with Crippen molar-refractivity contribution in [2.24, 2.45) is 0 Å². The zero-order chi connectivity index (χ0) is 13.1. The number of hydrogen-bond donors (Lipinski definition) is 1. The molecular formula is C14H14O4. The number of aryl methyl sites for hydroxylation is 2. The Labute approximate surface area is 105 Å². The standard InChI is InChI=1S/C14H14O4/c1-9-12(13(14(15)16)10(2)18-9)8-17-11-6-4-3-5-7-11/h3-7H,8H2,1-2H3,(H,15,16). The molecule has 0 spiro atoms. The van der Waals surface area contributed by atoms with Crippen LogP contribution in [0.5, 0.6) is 5.75 Å². The molecule has 0 atom stereocenters. The number of ether oxygens (including phenoxy) is 1. The van der Waals surface area contributed by atoms with Crippen LogP contribution >= 0.6 is 0 Å². The first-order valence-electron chi connectivity index (χ1n) is 5.59. The molecule has 1 N–H and O–H groups in total. The SMILES string of the molecule is Cc1oc(C)c(C(=O)O)c1COc1ccccc1. The quantitative estimate of drug-likeness (QED) is 0.900. The fraction of sp³-hybridized carbons (Fsp3) is 0.214. The van der Waals surface area contributed by atoms with E-state index in [-0.39, 0.29) is 12.2 Å². The zero-order valence-corrected chi connectivity index (χ0v) is 10.3. The third-order valence-electron chi connectivity index (χ3n) is 2.73. The van der Waals surface area contributed by atoms with Gasteiger partial charge in [0.25, 0.3) is 0 Å². The average Bonchev–Trinajstić information content (AvgIpc) is 2.62. The highest BCUT2D eigenvalue weighted by Gasteiger charge is 2.21. The maximum atomic E-state index is 11.2. The molecule has 0 bridgehead atoms. The van der Waals surface area contributed by atoms with E-state index in [0.717, 1.165) is 0 Å². The lowest BCUT2D eigenvalue weighted by molar-refractivity contribution is 0.0692. The van der Waals surface area contributed by atoms with E-state index in [1.54, 1.807) is 13.8 Å². The smallest absolute Gasteiger partial charge is 0.339 e. The molecular weight excluding hydrogens is 232 g/mol. The van der Waals surface area contributed by atoms with Gasteiger partial charge in [-0.25, -0.2) is 4.79 Å². The molecule has 94 valence electrons. The molecule has 0 fully saturated rings. The molecule has 2 rings (SSSR count). The first-order chi connectivity index (χ1) is 8.59. The number of rotatable bonds is 4. The van der Waals surface area contributed by atoms with E-state index in [1.165, 1.54) is 0 Å². The third kappa shape index (κ3) is 2.37. The van der Waals surface area contributed by atoms with Crippen LogP contribution in [-0.4, -0.2) is 11.1 Å². The number of hydrogen-bond acceptors (Lipinski definition) is 3. The summed E-state index contributed by atoms with van der Waals surface area (Å²) in [6, 6.07) is 9.26. The van der Waals surface area contributed by atoms with E-state index in [4.69, 9.17) is 14.3 Å². The van der Waals surface area contributed by atoms with Gasteiger partial charge in [0, 0.05) is 5.56 Å². The largest absolute Gasteiger partial charge is 0.489 e. The van der Waals surface area contributed by atoms with Gasteiger partial charge in [0.1, 0.15) is 29.4 Å². The fourth-order valence-corrected chi connectivity index (χ4v) is 1.86. The fourth-order valence-electron chi connectivity index (χ4n) is 1.86. The van der Waals surface area contributed by atoms with Crippen LogP contribution in [0, 0.1) is 13.8 Å². The van der Waals surface area contributed by atoms with Crippen LogP contribution in [0.15, 0.2) is 34.7 Å². The minimum absolute atomic E-state index is 0.189. The van der Waals surface area contributed by atoms with Crippen molar-refractivity contribution in [3.05, 3.63) is 53.0 Å². The predicted octanol–water partition coefficient (Wildman–Crippen LogP) is 3.17. The van der Waals surface area contributed by atoms with Gasteiger partial charge in [-0.1, -0.05) is 18.2 Å². The molecule has 4 heteroatoms. The summed E-state index contributed by atoms with van der Waals surface area (Å²) in [4.78, 5) is 11.2. The average molecular weight is 246 g/mol. The topological polar surface area (TPSA) is 59.7 Å². The van der Waals surface area contributed by atoms with Crippen LogP contribution in [-0.2, 0) is 6.61 Å². The van der Waals surface area contributed by atoms with Crippen LogP contribution in [0.1, 0.15) is 27.4 Å². The molecule has 0 aliphatic heterocycles. The number of carboxylic acid groups (broad SMARTS) is 1. The number of benzene rings is 1. The Morgan fingerprint density at radius 1 is 1.22 bits per heavy atom. The Hall–Kier alpha value is -2.23. The van der Waals surface area contributed by atoms with Crippen LogP contribution in [0.3, 0.4) is 0 Å². The Balaban J connectivity index is 2.22. The molecule has 0 amide bonds. The zero-order valence-electron chi connectivity index (χ0n) is 10.3. The highest BCUT2D eigenvalue weighted by atomic mass is 16.5. The van der Waals surface area contributed by atoms with Gasteiger partial charge in [-0.05, 0) is 26.0 Å². The molecule has 1 aromatic heterocycles. The van der Waals surface area contributed by atoms with Crippen LogP contribution in [0.4, 0.5) is 0 Å². The summed E-state index contributed by atoms with van der Waals surface area (Å²) in [5, 5.41) is 9.14. The van der Waals surface area contributed by atoms with Gasteiger partial charge in [-0.3, -0.25) is 0 Å². The number of para-hydroxylation sites is 1. The third-order valence-corrected chi connectivity index (χ3v) is 2.73. The molecule has 0 saturated heterocycles. The Bertz CT molecular complexity index is 555. The summed E-state index contributed by atoms with van der Waals surface area (Å²) in [7, 11) is 0. The van der Waals surface area contributed by atoms with E-state index in [1.807, 2.05) is 30.3 Å². The molecule has 0 radical (unpaired) electrons. The van der Waals surface area contributed by atoms with Crippen molar-refractivity contribution in [3.8, 4) is 5.75 Å². The number of carbonyl (C=O) groups is 1. The first kappa shape index (κ1) is 12.2. The molecule has 0 aliphatic carbocycles. The van der Waals surface area contributed by atoms with Crippen molar-refractivity contribution >= 4 is 5.97 Å². The van der Waals surface area contributed by atoms with E-state index < -0.39 is 5.97 Å². The molecule has 1 heterocycles. The van der Waals surface area contributed by atoms with Gasteiger partial charge in [-0.2, -0.15) is 0 Å². The molecule has 0 unspecified atom stereocenters. The van der Waals surface area contributed by atoms with Crippen LogP contribution in [0.2, 0.25) is 0 Å². The summed E-state index contributed by atoms with van der Waals surface area (Å²) < 4.78 is 10.9. The van der Waals surface area contributed by atoms with Gasteiger partial charge in [0.2, 0.25) is 0 Å². The van der Waals surface area contributed by atoms with Crippen molar-refractivity contribution in [2.75, 3.05) is 0 Å². The van der Waals surface area contributed by atoms with Crippen molar-refractivity contribution in [1.82, 2.24) is 0 Å². The van der Waals surface area contributed by atoms with Crippen molar-refractivity contribution in [2.45, 2.75) is 20.5 Å². The minimum atomic E-state index is -0.990. The minimum Gasteiger partial charge on any atom is -0.489 e. The van der Waals surface area contributed by atoms with Gasteiger partial charge in [-0.15, -0.1) is 0 Å². The van der Waals surface area contributed by atoms with Gasteiger partial charge >= 0.3 is 5.97 Å². The lowest BCUT2D eigenvalue weighted by Crippen LogP contribution is -2.05. The van der Waals surface area contributed by atoms with Crippen molar-refractivity contribution < 1.29 is 19.1 Å². The van der Waals surface area contributed by atoms with Crippen molar-refractivity contribution in [1.29, 1.82) is 0 Å². The Morgan fingerprint density at radius 2 is 1.89 bits per heavy atom. The summed E-state index contributed by atoms with van der Waals surface area (Å²) in [5.41, 5.74) is 0.785. The van der Waals surface area contributed by atoms with Crippen molar-refractivity contribution in [3.63, 3.8) is 0 Å². The summed E-state index contributed by atoms with van der Waals surface area (Å²) >= 11 is 0. The van der Waals surface area contributed by atoms with E-state index in [2.05, 4.69) is 0 Å². The van der Waals surface area contributed by atoms with E-state index in [9.17, 15) is 4.79 Å². The molecule has 2 aromatic rings. The molecule has 0 saturated carbocycles. The van der Waals surface area contributed by atoms with Gasteiger partial charge in [0.05, 0.1) is 0 Å². The summed E-state index contributed by atoms with van der Waals surface area (Å²) in [6.07, 6.45) is 0. The highest BCUT2D eigenvalue weighted by Crippen LogP contribution is 2.23. The Morgan fingerprint density at radius 3 is 2.50 bits per heavy atom. The monoisotopic (exact) mass is 246 g/mol. The second-order valence-electron chi connectivity index (χ2n) is 3.97. The second kappa shape index (κ2) is 4.96. The van der Waals surface area contributed by atoms with Crippen LogP contribution < -0.4 is 4.74 Å². The summed E-state index contributed by atoms with van der Waals surface area (Å²) in [5.74, 6) is 0.704. The predicted molar refractivity (Wildman–Crippen MR) is 65.9 cm³/mol. The number of furan rings is 1. The highest BCUT2D eigenvalue weighted by molar-refractivity contribution is 5.90. The molecule has 4 nitrogen and oxygen atoms in total. The molecule has 18 heavy (non-hydrogen) atoms. The maximum Gasteiger partial charge on any atom is 0.339 e. The van der Waals surface area contributed by atoms with E-state index >= 15 is 0 Å². The van der Waals surface area contributed by atoms with Gasteiger partial charge < -0.3 is 14.3 Å². The summed E-state index contributed by atoms with van der Waals surface area (Å²) in [6.45, 7) is 3.57.